The number of rotatable bonds is 5. The van der Waals surface area contributed by atoms with Gasteiger partial charge in [-0.3, -0.25) is 0 Å². The molecule has 3 N–H and O–H groups in total. The number of nitrogens with one attached hydrogen (secondary N) is 1. The van der Waals surface area contributed by atoms with Gasteiger partial charge in [0.2, 0.25) is 0 Å². The van der Waals surface area contributed by atoms with Crippen LogP contribution in [-0.2, 0) is 5.54 Å². The molecule has 2 aromatic carbocycles. The molecule has 0 unspecified atom stereocenters. The number of hydrogen-bond acceptors (Lipinski definition) is 4. The van der Waals surface area contributed by atoms with E-state index in [0.717, 1.165) is 0 Å². The molecule has 166 valence electrons. The van der Waals surface area contributed by atoms with Crippen molar-refractivity contribution in [1.29, 1.82) is 0 Å². The van der Waals surface area contributed by atoms with Gasteiger partial charge < -0.3 is 20.2 Å². The molecule has 3 rings (SSSR count). The summed E-state index contributed by atoms with van der Waals surface area (Å²) in [4.78, 5) is 5.84. The quantitative estimate of drug-likeness (QED) is 0.540. The van der Waals surface area contributed by atoms with Crippen LogP contribution in [0.2, 0.25) is 0 Å². The third-order valence-corrected chi connectivity index (χ3v) is 4.71. The van der Waals surface area contributed by atoms with Gasteiger partial charge in [-0.05, 0) is 48.5 Å². The van der Waals surface area contributed by atoms with Crippen molar-refractivity contribution in [1.82, 2.24) is 9.97 Å². The van der Waals surface area contributed by atoms with Crippen molar-refractivity contribution in [3.63, 3.8) is 0 Å². The molecule has 0 radical (unpaired) electrons. The first-order valence-electron chi connectivity index (χ1n) is 8.74. The van der Waals surface area contributed by atoms with Crippen LogP contribution in [0.5, 0.6) is 11.5 Å². The largest absolute Gasteiger partial charge is 0.497 e. The van der Waals surface area contributed by atoms with E-state index in [2.05, 4.69) is 9.97 Å². The smallest absolute Gasteiger partial charge is 0.422 e. The van der Waals surface area contributed by atoms with Crippen molar-refractivity contribution in [2.24, 2.45) is 5.73 Å². The van der Waals surface area contributed by atoms with Crippen LogP contribution in [0.3, 0.4) is 0 Å². The van der Waals surface area contributed by atoms with E-state index < -0.39 is 23.7 Å². The number of aromatic amines is 1. The van der Waals surface area contributed by atoms with E-state index in [1.165, 1.54) is 62.8 Å². The summed E-state index contributed by atoms with van der Waals surface area (Å²) in [6.45, 7) is 0. The fourth-order valence-corrected chi connectivity index (χ4v) is 2.91. The molecule has 0 atom stereocenters. The first kappa shape index (κ1) is 22.5. The molecule has 1 heterocycles. The summed E-state index contributed by atoms with van der Waals surface area (Å²) in [6, 6.07) is 11.9. The van der Waals surface area contributed by atoms with E-state index >= 15 is 0 Å². The Balaban J connectivity index is 2.26. The molecule has 0 amide bonds. The lowest BCUT2D eigenvalue weighted by atomic mass is 9.98. The Morgan fingerprint density at radius 3 is 1.55 bits per heavy atom. The third kappa shape index (κ3) is 3.92. The van der Waals surface area contributed by atoms with Gasteiger partial charge in [-0.15, -0.1) is 0 Å². The van der Waals surface area contributed by atoms with Crippen LogP contribution in [0.25, 0.3) is 22.5 Å². The summed E-state index contributed by atoms with van der Waals surface area (Å²) in [5.41, 5.74) is 0.587. The predicted molar refractivity (Wildman–Crippen MR) is 101 cm³/mol. The Kier molecular flexibility index (Phi) is 5.66. The zero-order valence-electron chi connectivity index (χ0n) is 16.2. The Hall–Kier alpha value is -3.21. The number of hydrogen-bond donors (Lipinski definition) is 2. The van der Waals surface area contributed by atoms with Gasteiger partial charge in [-0.25, -0.2) is 4.98 Å². The molecule has 1 aromatic heterocycles. The summed E-state index contributed by atoms with van der Waals surface area (Å²) in [6.07, 6.45) is -11.7. The van der Waals surface area contributed by atoms with Crippen LogP contribution in [0.15, 0.2) is 48.5 Å². The van der Waals surface area contributed by atoms with E-state index in [0.29, 0.717) is 11.5 Å². The second-order valence-corrected chi connectivity index (χ2v) is 6.57. The summed E-state index contributed by atoms with van der Waals surface area (Å²) >= 11 is 0. The SMILES string of the molecule is COc1ccc(-c2nc(C(N)(C(F)(F)F)C(F)(F)F)[nH]c2-c2ccc(OC)cc2)cc1. The molecule has 5 nitrogen and oxygen atoms in total. The molecule has 31 heavy (non-hydrogen) atoms. The third-order valence-electron chi connectivity index (χ3n) is 4.71. The van der Waals surface area contributed by atoms with Crippen molar-refractivity contribution in [2.75, 3.05) is 14.2 Å². The molecule has 0 aliphatic carbocycles. The minimum Gasteiger partial charge on any atom is -0.497 e. The molecule has 0 fully saturated rings. The van der Waals surface area contributed by atoms with Crippen LogP contribution < -0.4 is 15.2 Å². The topological polar surface area (TPSA) is 73.2 Å². The average molecular weight is 445 g/mol. The van der Waals surface area contributed by atoms with E-state index in [4.69, 9.17) is 15.2 Å². The molecular weight excluding hydrogens is 428 g/mol. The highest BCUT2D eigenvalue weighted by Crippen LogP contribution is 2.48. The van der Waals surface area contributed by atoms with Crippen molar-refractivity contribution in [2.45, 2.75) is 17.9 Å². The number of alkyl halides is 6. The highest BCUT2D eigenvalue weighted by molar-refractivity contribution is 5.79. The fourth-order valence-electron chi connectivity index (χ4n) is 2.91. The normalized spacial score (nSPS) is 12.7. The average Bonchev–Trinajstić information content (AvgIpc) is 3.17. The maximum atomic E-state index is 13.5. The Morgan fingerprint density at radius 1 is 0.742 bits per heavy atom. The number of halogens is 6. The Bertz CT molecular complexity index is 962. The first-order valence-corrected chi connectivity index (χ1v) is 8.74. The van der Waals surface area contributed by atoms with Crippen LogP contribution in [0, 0.1) is 0 Å². The van der Waals surface area contributed by atoms with Gasteiger partial charge in [0.25, 0.3) is 5.54 Å². The maximum Gasteiger partial charge on any atom is 0.422 e. The van der Waals surface area contributed by atoms with Gasteiger partial charge >= 0.3 is 12.4 Å². The lowest BCUT2D eigenvalue weighted by Crippen LogP contribution is -2.61. The Morgan fingerprint density at radius 2 is 1.16 bits per heavy atom. The molecule has 0 saturated heterocycles. The van der Waals surface area contributed by atoms with Crippen LogP contribution >= 0.6 is 0 Å². The summed E-state index contributed by atoms with van der Waals surface area (Å²) in [7, 11) is 2.83. The van der Waals surface area contributed by atoms with Crippen molar-refractivity contribution < 1.29 is 35.8 Å². The molecule has 0 aliphatic heterocycles. The molecule has 0 spiro atoms. The number of methoxy groups -OCH3 is 2. The Labute approximate surface area is 172 Å². The van der Waals surface area contributed by atoms with Gasteiger partial charge in [-0.2, -0.15) is 26.3 Å². The second-order valence-electron chi connectivity index (χ2n) is 6.57. The van der Waals surface area contributed by atoms with E-state index in [1.807, 2.05) is 0 Å². The fraction of sp³-hybridized carbons (Fsp3) is 0.250. The van der Waals surface area contributed by atoms with Gasteiger partial charge in [0, 0.05) is 11.1 Å². The van der Waals surface area contributed by atoms with Crippen molar-refractivity contribution in [3.8, 4) is 34.0 Å². The molecule has 3 aromatic rings. The molecule has 0 bridgehead atoms. The monoisotopic (exact) mass is 445 g/mol. The maximum absolute atomic E-state index is 13.5. The molecule has 0 saturated carbocycles. The van der Waals surface area contributed by atoms with E-state index in [-0.39, 0.29) is 22.5 Å². The van der Waals surface area contributed by atoms with Crippen molar-refractivity contribution >= 4 is 0 Å². The minimum absolute atomic E-state index is 0.0638. The van der Waals surface area contributed by atoms with Gasteiger partial charge in [-0.1, -0.05) is 0 Å². The van der Waals surface area contributed by atoms with Gasteiger partial charge in [0.05, 0.1) is 25.6 Å². The highest BCUT2D eigenvalue weighted by Gasteiger charge is 2.71. The van der Waals surface area contributed by atoms with Crippen LogP contribution in [-0.4, -0.2) is 36.5 Å². The summed E-state index contributed by atoms with van der Waals surface area (Å²) in [5.74, 6) is -0.568. The summed E-state index contributed by atoms with van der Waals surface area (Å²) in [5, 5.41) is 0. The molecule has 11 heteroatoms. The zero-order valence-corrected chi connectivity index (χ0v) is 16.2. The molecular formula is C20H17F6N3O2. The lowest BCUT2D eigenvalue weighted by Gasteiger charge is -2.31. The predicted octanol–water partition coefficient (Wildman–Crippen LogP) is 5.04. The van der Waals surface area contributed by atoms with Crippen LogP contribution in [0.1, 0.15) is 5.82 Å². The van der Waals surface area contributed by atoms with Crippen LogP contribution in [0.4, 0.5) is 26.3 Å². The number of H-pyrrole nitrogens is 1. The number of imidazole rings is 1. The number of ether oxygens (including phenoxy) is 2. The highest BCUT2D eigenvalue weighted by atomic mass is 19.4. The van der Waals surface area contributed by atoms with Gasteiger partial charge in [0.1, 0.15) is 17.3 Å². The minimum atomic E-state index is -5.85. The zero-order chi connectivity index (χ0) is 23.0. The standard InChI is InChI=1S/C20H17F6N3O2/c1-30-13-7-3-11(4-8-13)15-16(12-5-9-14(31-2)10-6-12)29-17(28-15)18(27,19(21,22)23)20(24,25)26/h3-10H,27H2,1-2H3,(H,28,29). The van der Waals surface area contributed by atoms with E-state index in [9.17, 15) is 26.3 Å². The van der Waals surface area contributed by atoms with E-state index in [1.54, 1.807) is 0 Å². The molecule has 0 aliphatic rings. The van der Waals surface area contributed by atoms with Crippen molar-refractivity contribution in [3.05, 3.63) is 54.4 Å². The first-order chi connectivity index (χ1) is 14.4. The summed E-state index contributed by atoms with van der Waals surface area (Å²) < 4.78 is 91.0. The number of benzene rings is 2. The number of nitrogens with zero attached hydrogens (tertiary/aromatic N) is 1. The second kappa shape index (κ2) is 7.80. The number of aromatic nitrogens is 2. The number of nitrogens with two attached hydrogens (primary N) is 1. The van der Waals surface area contributed by atoms with Gasteiger partial charge in [0.15, 0.2) is 0 Å². The lowest BCUT2D eigenvalue weighted by molar-refractivity contribution is -0.304.